The molecule has 0 radical (unpaired) electrons. The molecule has 0 spiro atoms. The van der Waals surface area contributed by atoms with E-state index in [2.05, 4.69) is 26.3 Å². The van der Waals surface area contributed by atoms with E-state index >= 15 is 0 Å². The molecule has 0 unspecified atom stereocenters. The minimum atomic E-state index is -0.403. The Balaban J connectivity index is 3.02. The number of carbonyl (C=O) groups excluding carboxylic acids is 1. The average molecular weight is 260 g/mol. The molecule has 0 aromatic carbocycles. The summed E-state index contributed by atoms with van der Waals surface area (Å²) in [7, 11) is 1.85. The molecule has 1 aromatic heterocycles. The van der Waals surface area contributed by atoms with Crippen LogP contribution in [0.1, 0.15) is 26.5 Å². The van der Waals surface area contributed by atoms with Crippen molar-refractivity contribution in [2.24, 2.45) is 7.05 Å². The van der Waals surface area contributed by atoms with Crippen LogP contribution in [0.3, 0.4) is 0 Å². The van der Waals surface area contributed by atoms with Gasteiger partial charge >= 0.3 is 0 Å². The lowest BCUT2D eigenvalue weighted by Gasteiger charge is -2.25. The summed E-state index contributed by atoms with van der Waals surface area (Å²) < 4.78 is 2.52. The Morgan fingerprint density at radius 2 is 2.21 bits per heavy atom. The van der Waals surface area contributed by atoms with Gasteiger partial charge in [-0.3, -0.25) is 9.48 Å². The number of rotatable bonds is 2. The molecule has 0 atom stereocenters. The third-order valence-electron chi connectivity index (χ3n) is 1.98. The molecule has 1 N–H and O–H groups in total. The van der Waals surface area contributed by atoms with Crippen molar-refractivity contribution in [3.8, 4) is 0 Å². The van der Waals surface area contributed by atoms with E-state index in [4.69, 9.17) is 0 Å². The highest BCUT2D eigenvalue weighted by Crippen LogP contribution is 2.22. The number of amides is 1. The van der Waals surface area contributed by atoms with Crippen molar-refractivity contribution in [2.45, 2.75) is 26.3 Å². The molecular formula is C9H14BrN3O. The van der Waals surface area contributed by atoms with E-state index in [1.165, 1.54) is 6.92 Å². The Bertz CT molecular complexity index is 357. The first-order chi connectivity index (χ1) is 6.33. The van der Waals surface area contributed by atoms with Crippen molar-refractivity contribution in [2.75, 3.05) is 0 Å². The Morgan fingerprint density at radius 3 is 2.57 bits per heavy atom. The molecule has 0 aliphatic carbocycles. The smallest absolute Gasteiger partial charge is 0.217 e. The predicted octanol–water partition coefficient (Wildman–Crippen LogP) is 1.55. The van der Waals surface area contributed by atoms with E-state index < -0.39 is 5.54 Å². The van der Waals surface area contributed by atoms with Crippen LogP contribution in [0.25, 0.3) is 0 Å². The van der Waals surface area contributed by atoms with Crippen LogP contribution in [-0.2, 0) is 17.4 Å². The molecule has 78 valence electrons. The summed E-state index contributed by atoms with van der Waals surface area (Å²) in [5, 5.41) is 7.04. The molecule has 5 heteroatoms. The van der Waals surface area contributed by atoms with Crippen LogP contribution in [0, 0.1) is 0 Å². The molecule has 0 aliphatic rings. The highest BCUT2D eigenvalue weighted by molar-refractivity contribution is 9.10. The zero-order valence-corrected chi connectivity index (χ0v) is 10.3. The van der Waals surface area contributed by atoms with Gasteiger partial charge in [-0.25, -0.2) is 0 Å². The molecule has 0 aliphatic heterocycles. The summed E-state index contributed by atoms with van der Waals surface area (Å²) in [4.78, 5) is 11.0. The first-order valence-electron chi connectivity index (χ1n) is 4.31. The Labute approximate surface area is 91.8 Å². The summed E-state index contributed by atoms with van der Waals surface area (Å²) in [5.41, 5.74) is 0.555. The quantitative estimate of drug-likeness (QED) is 0.877. The van der Waals surface area contributed by atoms with Crippen molar-refractivity contribution in [1.82, 2.24) is 15.1 Å². The summed E-state index contributed by atoms with van der Waals surface area (Å²) in [6.45, 7) is 5.39. The minimum absolute atomic E-state index is 0.0488. The van der Waals surface area contributed by atoms with E-state index in [9.17, 15) is 4.79 Å². The molecule has 1 aromatic rings. The molecular weight excluding hydrogens is 246 g/mol. The van der Waals surface area contributed by atoms with E-state index in [0.717, 1.165) is 10.3 Å². The van der Waals surface area contributed by atoms with Crippen LogP contribution in [0.4, 0.5) is 0 Å². The number of carbonyl (C=O) groups is 1. The van der Waals surface area contributed by atoms with Gasteiger partial charge in [0, 0.05) is 14.0 Å². The standard InChI is InChI=1S/C9H14BrN3O/c1-6(14)11-9(2,3)7-5-8(10)12-13(7)4/h5H,1-4H3,(H,11,14). The maximum absolute atomic E-state index is 11.0. The number of nitrogens with one attached hydrogen (secondary N) is 1. The Hall–Kier alpha value is -0.840. The first kappa shape index (κ1) is 11.2. The normalized spacial score (nSPS) is 11.5. The van der Waals surface area contributed by atoms with Gasteiger partial charge in [0.05, 0.1) is 11.2 Å². The topological polar surface area (TPSA) is 46.9 Å². The highest BCUT2D eigenvalue weighted by Gasteiger charge is 2.25. The molecule has 1 amide bonds. The zero-order chi connectivity index (χ0) is 10.9. The Kier molecular flexibility index (Phi) is 2.99. The molecule has 0 bridgehead atoms. The number of halogens is 1. The van der Waals surface area contributed by atoms with Crippen LogP contribution < -0.4 is 5.32 Å². The lowest BCUT2D eigenvalue weighted by molar-refractivity contribution is -0.120. The number of aromatic nitrogens is 2. The number of hydrogen-bond donors (Lipinski definition) is 1. The fraction of sp³-hybridized carbons (Fsp3) is 0.556. The monoisotopic (exact) mass is 259 g/mol. The predicted molar refractivity (Wildman–Crippen MR) is 57.8 cm³/mol. The number of nitrogens with zero attached hydrogens (tertiary/aromatic N) is 2. The van der Waals surface area contributed by atoms with Crippen LogP contribution in [0.5, 0.6) is 0 Å². The average Bonchev–Trinajstić information content (AvgIpc) is 2.27. The van der Waals surface area contributed by atoms with E-state index in [1.54, 1.807) is 4.68 Å². The lowest BCUT2D eigenvalue weighted by Crippen LogP contribution is -2.41. The molecule has 0 fully saturated rings. The number of aryl methyl sites for hydroxylation is 1. The molecule has 0 saturated heterocycles. The molecule has 0 saturated carbocycles. The maximum atomic E-state index is 11.0. The first-order valence-corrected chi connectivity index (χ1v) is 5.11. The maximum Gasteiger partial charge on any atom is 0.217 e. The summed E-state index contributed by atoms with van der Waals surface area (Å²) in [6.07, 6.45) is 0. The SMILES string of the molecule is CC(=O)NC(C)(C)c1cc(Br)nn1C. The van der Waals surface area contributed by atoms with Gasteiger partial charge in [0.15, 0.2) is 0 Å². The van der Waals surface area contributed by atoms with Crippen LogP contribution in [-0.4, -0.2) is 15.7 Å². The van der Waals surface area contributed by atoms with Crippen molar-refractivity contribution >= 4 is 21.8 Å². The van der Waals surface area contributed by atoms with Crippen molar-refractivity contribution in [3.05, 3.63) is 16.4 Å². The van der Waals surface area contributed by atoms with Gasteiger partial charge in [-0.2, -0.15) is 5.10 Å². The second-order valence-corrected chi connectivity index (χ2v) is 4.59. The summed E-state index contributed by atoms with van der Waals surface area (Å²) in [6, 6.07) is 1.90. The summed E-state index contributed by atoms with van der Waals surface area (Å²) >= 11 is 3.30. The van der Waals surface area contributed by atoms with Crippen molar-refractivity contribution in [3.63, 3.8) is 0 Å². The van der Waals surface area contributed by atoms with E-state index in [1.807, 2.05) is 27.0 Å². The molecule has 1 heterocycles. The van der Waals surface area contributed by atoms with Gasteiger partial charge in [-0.1, -0.05) is 0 Å². The highest BCUT2D eigenvalue weighted by atomic mass is 79.9. The van der Waals surface area contributed by atoms with Crippen LogP contribution in [0.2, 0.25) is 0 Å². The van der Waals surface area contributed by atoms with Gasteiger partial charge in [0.2, 0.25) is 5.91 Å². The number of hydrogen-bond acceptors (Lipinski definition) is 2. The third kappa shape index (κ3) is 2.35. The Morgan fingerprint density at radius 1 is 1.64 bits per heavy atom. The largest absolute Gasteiger partial charge is 0.346 e. The molecule has 4 nitrogen and oxygen atoms in total. The summed E-state index contributed by atoms with van der Waals surface area (Å²) in [5.74, 6) is -0.0488. The van der Waals surface area contributed by atoms with Gasteiger partial charge in [-0.05, 0) is 35.8 Å². The fourth-order valence-electron chi connectivity index (χ4n) is 1.52. The fourth-order valence-corrected chi connectivity index (χ4v) is 1.98. The van der Waals surface area contributed by atoms with Gasteiger partial charge in [0.1, 0.15) is 4.60 Å². The van der Waals surface area contributed by atoms with Gasteiger partial charge in [-0.15, -0.1) is 0 Å². The van der Waals surface area contributed by atoms with Crippen molar-refractivity contribution < 1.29 is 4.79 Å². The third-order valence-corrected chi connectivity index (χ3v) is 2.37. The molecule has 1 rings (SSSR count). The second-order valence-electron chi connectivity index (χ2n) is 3.78. The van der Waals surface area contributed by atoms with Crippen molar-refractivity contribution in [1.29, 1.82) is 0 Å². The van der Waals surface area contributed by atoms with Gasteiger partial charge < -0.3 is 5.32 Å². The van der Waals surface area contributed by atoms with E-state index in [0.29, 0.717) is 0 Å². The van der Waals surface area contributed by atoms with Gasteiger partial charge in [0.25, 0.3) is 0 Å². The second kappa shape index (κ2) is 3.73. The minimum Gasteiger partial charge on any atom is -0.346 e. The van der Waals surface area contributed by atoms with Crippen LogP contribution >= 0.6 is 15.9 Å². The molecule has 14 heavy (non-hydrogen) atoms. The lowest BCUT2D eigenvalue weighted by atomic mass is 10.0. The van der Waals surface area contributed by atoms with E-state index in [-0.39, 0.29) is 5.91 Å². The van der Waals surface area contributed by atoms with Crippen LogP contribution in [0.15, 0.2) is 10.7 Å². The zero-order valence-electron chi connectivity index (χ0n) is 8.76.